The van der Waals surface area contributed by atoms with Crippen molar-refractivity contribution < 1.29 is 4.79 Å². The number of carbonyl (C=O) groups is 1. The fraction of sp³-hybridized carbons (Fsp3) is 0.562. The van der Waals surface area contributed by atoms with E-state index in [1.807, 2.05) is 26.2 Å². The van der Waals surface area contributed by atoms with Gasteiger partial charge in [-0.05, 0) is 43.5 Å². The van der Waals surface area contributed by atoms with Gasteiger partial charge in [-0.3, -0.25) is 4.79 Å². The van der Waals surface area contributed by atoms with Crippen LogP contribution in [0.5, 0.6) is 0 Å². The number of nitrogens with one attached hydrogen (secondary N) is 2. The standard InChI is InChI=1S/C16H25N3O/c1-19(2)15-6-4-3-5-14(15)12-18-16(20)8-7-13-9-10-17-11-13/h3-6,13,17H,7-12H2,1-2H3,(H,18,20). The number of anilines is 1. The minimum Gasteiger partial charge on any atom is -0.377 e. The van der Waals surface area contributed by atoms with Gasteiger partial charge in [0.15, 0.2) is 0 Å². The van der Waals surface area contributed by atoms with Crippen molar-refractivity contribution in [1.82, 2.24) is 10.6 Å². The Bertz CT molecular complexity index is 439. The van der Waals surface area contributed by atoms with Crippen molar-refractivity contribution in [1.29, 1.82) is 0 Å². The number of benzene rings is 1. The first kappa shape index (κ1) is 14.9. The number of carbonyl (C=O) groups excluding carboxylic acids is 1. The van der Waals surface area contributed by atoms with E-state index in [9.17, 15) is 4.79 Å². The molecule has 1 fully saturated rings. The summed E-state index contributed by atoms with van der Waals surface area (Å²) in [6.45, 7) is 2.77. The van der Waals surface area contributed by atoms with Gasteiger partial charge in [-0.2, -0.15) is 0 Å². The van der Waals surface area contributed by atoms with Crippen LogP contribution in [-0.4, -0.2) is 33.1 Å². The lowest BCUT2D eigenvalue weighted by Crippen LogP contribution is -2.24. The lowest BCUT2D eigenvalue weighted by molar-refractivity contribution is -0.121. The van der Waals surface area contributed by atoms with E-state index in [1.165, 1.54) is 6.42 Å². The molecule has 1 amide bonds. The van der Waals surface area contributed by atoms with Crippen LogP contribution in [-0.2, 0) is 11.3 Å². The van der Waals surface area contributed by atoms with E-state index in [1.54, 1.807) is 0 Å². The second-order valence-corrected chi connectivity index (χ2v) is 5.70. The molecule has 4 nitrogen and oxygen atoms in total. The molecule has 2 N–H and O–H groups in total. The summed E-state index contributed by atoms with van der Waals surface area (Å²) in [7, 11) is 4.04. The molecule has 1 aromatic rings. The lowest BCUT2D eigenvalue weighted by atomic mass is 10.0. The summed E-state index contributed by atoms with van der Waals surface area (Å²) in [4.78, 5) is 14.0. The minimum atomic E-state index is 0.158. The molecule has 4 heteroatoms. The van der Waals surface area contributed by atoms with Gasteiger partial charge < -0.3 is 15.5 Å². The fourth-order valence-electron chi connectivity index (χ4n) is 2.67. The molecule has 1 heterocycles. The number of hydrogen-bond acceptors (Lipinski definition) is 3. The van der Waals surface area contributed by atoms with Crippen molar-refractivity contribution >= 4 is 11.6 Å². The Morgan fingerprint density at radius 2 is 2.20 bits per heavy atom. The molecule has 110 valence electrons. The molecule has 0 aliphatic carbocycles. The van der Waals surface area contributed by atoms with Gasteiger partial charge in [0.05, 0.1) is 0 Å². The van der Waals surface area contributed by atoms with E-state index in [4.69, 9.17) is 0 Å². The van der Waals surface area contributed by atoms with Gasteiger partial charge in [0, 0.05) is 32.7 Å². The highest BCUT2D eigenvalue weighted by atomic mass is 16.1. The zero-order valence-corrected chi connectivity index (χ0v) is 12.5. The lowest BCUT2D eigenvalue weighted by Gasteiger charge is -2.17. The summed E-state index contributed by atoms with van der Waals surface area (Å²) < 4.78 is 0. The molecule has 2 rings (SSSR count). The van der Waals surface area contributed by atoms with Crippen molar-refractivity contribution in [2.75, 3.05) is 32.1 Å². The minimum absolute atomic E-state index is 0.158. The smallest absolute Gasteiger partial charge is 0.220 e. The average Bonchev–Trinajstić information content (AvgIpc) is 2.96. The summed E-state index contributed by atoms with van der Waals surface area (Å²) in [5, 5.41) is 6.37. The average molecular weight is 275 g/mol. The molecule has 0 radical (unpaired) electrons. The van der Waals surface area contributed by atoms with Gasteiger partial charge in [0.2, 0.25) is 5.91 Å². The monoisotopic (exact) mass is 275 g/mol. The molecule has 0 saturated carbocycles. The van der Waals surface area contributed by atoms with Gasteiger partial charge >= 0.3 is 0 Å². The Hall–Kier alpha value is -1.55. The number of hydrogen-bond donors (Lipinski definition) is 2. The van der Waals surface area contributed by atoms with Crippen LogP contribution in [0.4, 0.5) is 5.69 Å². The first-order chi connectivity index (χ1) is 9.66. The predicted octanol–water partition coefficient (Wildman–Crippen LogP) is 1.76. The Balaban J connectivity index is 1.78. The topological polar surface area (TPSA) is 44.4 Å². The van der Waals surface area contributed by atoms with Gasteiger partial charge in [0.1, 0.15) is 0 Å². The number of amides is 1. The van der Waals surface area contributed by atoms with Crippen LogP contribution in [0.25, 0.3) is 0 Å². The third-order valence-electron chi connectivity index (χ3n) is 3.89. The number of para-hydroxylation sites is 1. The van der Waals surface area contributed by atoms with E-state index < -0.39 is 0 Å². The van der Waals surface area contributed by atoms with Gasteiger partial charge in [-0.15, -0.1) is 0 Å². The van der Waals surface area contributed by atoms with E-state index in [-0.39, 0.29) is 5.91 Å². The third kappa shape index (κ3) is 4.23. The Kier molecular flexibility index (Phi) is 5.41. The molecule has 1 atom stereocenters. The van der Waals surface area contributed by atoms with E-state index in [2.05, 4.69) is 27.7 Å². The summed E-state index contributed by atoms with van der Waals surface area (Å²) >= 11 is 0. The molecule has 1 aliphatic heterocycles. The van der Waals surface area contributed by atoms with Crippen LogP contribution in [0.1, 0.15) is 24.8 Å². The molecule has 1 saturated heterocycles. The predicted molar refractivity (Wildman–Crippen MR) is 82.8 cm³/mol. The Labute approximate surface area is 121 Å². The van der Waals surface area contributed by atoms with Crippen molar-refractivity contribution in [3.05, 3.63) is 29.8 Å². The van der Waals surface area contributed by atoms with E-state index >= 15 is 0 Å². The first-order valence-corrected chi connectivity index (χ1v) is 7.39. The largest absolute Gasteiger partial charge is 0.377 e. The van der Waals surface area contributed by atoms with Crippen LogP contribution in [0.2, 0.25) is 0 Å². The van der Waals surface area contributed by atoms with Crippen molar-refractivity contribution in [3.63, 3.8) is 0 Å². The Morgan fingerprint density at radius 1 is 1.40 bits per heavy atom. The summed E-state index contributed by atoms with van der Waals surface area (Å²) in [6, 6.07) is 8.18. The molecule has 0 spiro atoms. The van der Waals surface area contributed by atoms with Crippen LogP contribution in [0, 0.1) is 5.92 Å². The SMILES string of the molecule is CN(C)c1ccccc1CNC(=O)CCC1CCNC1. The van der Waals surface area contributed by atoms with Gasteiger partial charge in [-0.25, -0.2) is 0 Å². The summed E-state index contributed by atoms with van der Waals surface area (Å²) in [5.41, 5.74) is 2.32. The van der Waals surface area contributed by atoms with Gasteiger partial charge in [0.25, 0.3) is 0 Å². The van der Waals surface area contributed by atoms with Crippen molar-refractivity contribution in [2.24, 2.45) is 5.92 Å². The molecule has 1 aliphatic rings. The van der Waals surface area contributed by atoms with Crippen molar-refractivity contribution in [3.8, 4) is 0 Å². The van der Waals surface area contributed by atoms with Crippen LogP contribution in [0.15, 0.2) is 24.3 Å². The maximum Gasteiger partial charge on any atom is 0.220 e. The molecule has 1 unspecified atom stereocenters. The second-order valence-electron chi connectivity index (χ2n) is 5.70. The molecule has 20 heavy (non-hydrogen) atoms. The number of nitrogens with zero attached hydrogens (tertiary/aromatic N) is 1. The normalized spacial score (nSPS) is 18.0. The number of rotatable bonds is 6. The molecule has 0 bridgehead atoms. The Morgan fingerprint density at radius 3 is 2.90 bits per heavy atom. The van der Waals surface area contributed by atoms with Crippen LogP contribution < -0.4 is 15.5 Å². The summed E-state index contributed by atoms with van der Waals surface area (Å²) in [5.74, 6) is 0.834. The van der Waals surface area contributed by atoms with Gasteiger partial charge in [-0.1, -0.05) is 18.2 Å². The van der Waals surface area contributed by atoms with Crippen LogP contribution >= 0.6 is 0 Å². The maximum atomic E-state index is 11.9. The zero-order valence-electron chi connectivity index (χ0n) is 12.5. The van der Waals surface area contributed by atoms with Crippen molar-refractivity contribution in [2.45, 2.75) is 25.8 Å². The highest BCUT2D eigenvalue weighted by Gasteiger charge is 2.15. The quantitative estimate of drug-likeness (QED) is 0.831. The van der Waals surface area contributed by atoms with Crippen LogP contribution in [0.3, 0.4) is 0 Å². The summed E-state index contributed by atoms with van der Waals surface area (Å²) in [6.07, 6.45) is 2.83. The third-order valence-corrected chi connectivity index (χ3v) is 3.89. The molecular weight excluding hydrogens is 250 g/mol. The fourth-order valence-corrected chi connectivity index (χ4v) is 2.67. The zero-order chi connectivity index (χ0) is 14.4. The first-order valence-electron chi connectivity index (χ1n) is 7.39. The second kappa shape index (κ2) is 7.29. The maximum absolute atomic E-state index is 11.9. The molecule has 0 aromatic heterocycles. The highest BCUT2D eigenvalue weighted by molar-refractivity contribution is 5.76. The molecule has 1 aromatic carbocycles. The van der Waals surface area contributed by atoms with E-state index in [0.29, 0.717) is 18.9 Å². The molecular formula is C16H25N3O. The van der Waals surface area contributed by atoms with E-state index in [0.717, 1.165) is 30.8 Å². The highest BCUT2D eigenvalue weighted by Crippen LogP contribution is 2.18.